The molecule has 0 aromatic rings. The van der Waals surface area contributed by atoms with E-state index >= 15 is 0 Å². The molecule has 2 aliphatic heterocycles. The fraction of sp³-hybridized carbons (Fsp3) is 1.00. The van der Waals surface area contributed by atoms with Crippen LogP contribution < -0.4 is 5.32 Å². The van der Waals surface area contributed by atoms with E-state index in [9.17, 15) is 0 Å². The lowest BCUT2D eigenvalue weighted by Crippen LogP contribution is -2.36. The van der Waals surface area contributed by atoms with E-state index in [1.165, 1.54) is 25.7 Å². The van der Waals surface area contributed by atoms with Crippen molar-refractivity contribution in [3.63, 3.8) is 0 Å². The Labute approximate surface area is 98.9 Å². The molecule has 3 atom stereocenters. The van der Waals surface area contributed by atoms with Crippen molar-refractivity contribution in [2.45, 2.75) is 51.2 Å². The summed E-state index contributed by atoms with van der Waals surface area (Å²) >= 11 is 0. The second kappa shape index (κ2) is 6.58. The molecule has 0 aromatic carbocycles. The smallest absolute Gasteiger partial charge is 0.0613 e. The van der Waals surface area contributed by atoms with Crippen LogP contribution >= 0.6 is 0 Å². The summed E-state index contributed by atoms with van der Waals surface area (Å²) in [5.74, 6) is 0.731. The molecule has 1 N–H and O–H groups in total. The summed E-state index contributed by atoms with van der Waals surface area (Å²) in [5.41, 5.74) is 0. The Morgan fingerprint density at radius 2 is 2.06 bits per heavy atom. The van der Waals surface area contributed by atoms with Crippen LogP contribution in [0.4, 0.5) is 0 Å². The molecule has 3 unspecified atom stereocenters. The van der Waals surface area contributed by atoms with Gasteiger partial charge in [-0.25, -0.2) is 0 Å². The molecule has 3 nitrogen and oxygen atoms in total. The molecule has 0 radical (unpaired) electrons. The maximum absolute atomic E-state index is 5.71. The van der Waals surface area contributed by atoms with Gasteiger partial charge in [0.2, 0.25) is 0 Å². The Kier molecular flexibility index (Phi) is 5.07. The van der Waals surface area contributed by atoms with Crippen molar-refractivity contribution in [3.8, 4) is 0 Å². The minimum atomic E-state index is 0.495. The van der Waals surface area contributed by atoms with Gasteiger partial charge in [-0.15, -0.1) is 0 Å². The van der Waals surface area contributed by atoms with Crippen molar-refractivity contribution in [1.82, 2.24) is 5.32 Å². The van der Waals surface area contributed by atoms with Crippen molar-refractivity contribution >= 4 is 0 Å². The van der Waals surface area contributed by atoms with Gasteiger partial charge in [-0.05, 0) is 38.0 Å². The van der Waals surface area contributed by atoms with Gasteiger partial charge in [-0.1, -0.05) is 6.92 Å². The minimum Gasteiger partial charge on any atom is -0.381 e. The van der Waals surface area contributed by atoms with E-state index in [0.717, 1.165) is 38.7 Å². The maximum Gasteiger partial charge on any atom is 0.0613 e. The second-order valence-electron chi connectivity index (χ2n) is 5.01. The van der Waals surface area contributed by atoms with E-state index in [4.69, 9.17) is 9.47 Å². The van der Waals surface area contributed by atoms with Gasteiger partial charge < -0.3 is 14.8 Å². The van der Waals surface area contributed by atoms with Crippen molar-refractivity contribution in [2.75, 3.05) is 26.4 Å². The van der Waals surface area contributed by atoms with Gasteiger partial charge >= 0.3 is 0 Å². The summed E-state index contributed by atoms with van der Waals surface area (Å²) < 4.78 is 11.2. The van der Waals surface area contributed by atoms with Gasteiger partial charge in [0, 0.05) is 32.4 Å². The molecule has 2 saturated heterocycles. The second-order valence-corrected chi connectivity index (χ2v) is 5.01. The van der Waals surface area contributed by atoms with Crippen LogP contribution in [-0.4, -0.2) is 38.5 Å². The number of rotatable bonds is 4. The zero-order valence-electron chi connectivity index (χ0n) is 10.4. The van der Waals surface area contributed by atoms with Crippen LogP contribution in [0, 0.1) is 5.92 Å². The van der Waals surface area contributed by atoms with Gasteiger partial charge in [-0.3, -0.25) is 0 Å². The molecular weight excluding hydrogens is 202 g/mol. The van der Waals surface area contributed by atoms with Crippen LogP contribution in [0.25, 0.3) is 0 Å². The Hall–Kier alpha value is -0.120. The van der Waals surface area contributed by atoms with Crippen LogP contribution in [0.1, 0.15) is 39.0 Å². The van der Waals surface area contributed by atoms with Gasteiger partial charge in [0.05, 0.1) is 6.10 Å². The molecule has 2 aliphatic rings. The molecule has 94 valence electrons. The predicted octanol–water partition coefficient (Wildman–Crippen LogP) is 1.96. The van der Waals surface area contributed by atoms with Crippen molar-refractivity contribution in [1.29, 1.82) is 0 Å². The van der Waals surface area contributed by atoms with Gasteiger partial charge in [0.25, 0.3) is 0 Å². The van der Waals surface area contributed by atoms with E-state index in [1.807, 2.05) is 0 Å². The topological polar surface area (TPSA) is 30.5 Å². The Bertz CT molecular complexity index is 190. The van der Waals surface area contributed by atoms with E-state index < -0.39 is 0 Å². The molecule has 2 rings (SSSR count). The molecule has 0 spiro atoms. The molecule has 0 aromatic heterocycles. The van der Waals surface area contributed by atoms with Crippen LogP contribution in [0.15, 0.2) is 0 Å². The van der Waals surface area contributed by atoms with E-state index in [2.05, 4.69) is 12.2 Å². The number of hydrogen-bond donors (Lipinski definition) is 1. The van der Waals surface area contributed by atoms with Gasteiger partial charge in [0.15, 0.2) is 0 Å². The summed E-state index contributed by atoms with van der Waals surface area (Å²) in [6.07, 6.45) is 6.52. The summed E-state index contributed by atoms with van der Waals surface area (Å²) in [7, 11) is 0. The lowest BCUT2D eigenvalue weighted by Gasteiger charge is -2.21. The summed E-state index contributed by atoms with van der Waals surface area (Å²) in [6.45, 7) is 6.18. The Morgan fingerprint density at radius 3 is 2.94 bits per heavy atom. The largest absolute Gasteiger partial charge is 0.381 e. The third kappa shape index (κ3) is 3.44. The van der Waals surface area contributed by atoms with Crippen molar-refractivity contribution in [2.24, 2.45) is 5.92 Å². The third-order valence-corrected chi connectivity index (χ3v) is 3.87. The fourth-order valence-corrected chi connectivity index (χ4v) is 2.80. The minimum absolute atomic E-state index is 0.495. The Balaban J connectivity index is 1.69. The molecule has 0 saturated carbocycles. The van der Waals surface area contributed by atoms with Crippen LogP contribution in [0.5, 0.6) is 0 Å². The lowest BCUT2D eigenvalue weighted by atomic mass is 9.98. The monoisotopic (exact) mass is 227 g/mol. The highest BCUT2D eigenvalue weighted by atomic mass is 16.5. The van der Waals surface area contributed by atoms with Crippen molar-refractivity contribution < 1.29 is 9.47 Å². The normalized spacial score (nSPS) is 36.2. The number of nitrogens with one attached hydrogen (secondary N) is 1. The first-order chi connectivity index (χ1) is 7.90. The molecule has 0 amide bonds. The number of ether oxygens (including phenoxy) is 2. The predicted molar refractivity (Wildman–Crippen MR) is 64.6 cm³/mol. The highest BCUT2D eigenvalue weighted by molar-refractivity contribution is 4.79. The SMILES string of the molecule is CCC1OCCC1CNC1CCCOCC1. The first-order valence-electron chi connectivity index (χ1n) is 6.83. The molecule has 16 heavy (non-hydrogen) atoms. The molecule has 3 heteroatoms. The van der Waals surface area contributed by atoms with E-state index in [1.54, 1.807) is 0 Å². The molecule has 0 bridgehead atoms. The van der Waals surface area contributed by atoms with Crippen LogP contribution in [0.2, 0.25) is 0 Å². The zero-order chi connectivity index (χ0) is 11.2. The lowest BCUT2D eigenvalue weighted by molar-refractivity contribution is 0.0863. The Morgan fingerprint density at radius 1 is 1.12 bits per heavy atom. The first-order valence-corrected chi connectivity index (χ1v) is 6.83. The van der Waals surface area contributed by atoms with E-state index in [-0.39, 0.29) is 0 Å². The summed E-state index contributed by atoms with van der Waals surface area (Å²) in [5, 5.41) is 3.71. The fourth-order valence-electron chi connectivity index (χ4n) is 2.80. The third-order valence-electron chi connectivity index (χ3n) is 3.87. The zero-order valence-corrected chi connectivity index (χ0v) is 10.4. The highest BCUT2D eigenvalue weighted by Gasteiger charge is 2.27. The highest BCUT2D eigenvalue weighted by Crippen LogP contribution is 2.23. The van der Waals surface area contributed by atoms with Crippen LogP contribution in [0.3, 0.4) is 0 Å². The van der Waals surface area contributed by atoms with Gasteiger partial charge in [-0.2, -0.15) is 0 Å². The average molecular weight is 227 g/mol. The molecule has 2 fully saturated rings. The maximum atomic E-state index is 5.71. The first kappa shape index (κ1) is 12.3. The molecule has 2 heterocycles. The van der Waals surface area contributed by atoms with Gasteiger partial charge in [0.1, 0.15) is 0 Å². The van der Waals surface area contributed by atoms with Crippen LogP contribution in [-0.2, 0) is 9.47 Å². The van der Waals surface area contributed by atoms with Crippen molar-refractivity contribution in [3.05, 3.63) is 0 Å². The summed E-state index contributed by atoms with van der Waals surface area (Å²) in [6, 6.07) is 0.667. The molecule has 0 aliphatic carbocycles. The average Bonchev–Trinajstić information content (AvgIpc) is 2.60. The quantitative estimate of drug-likeness (QED) is 0.796. The summed E-state index contributed by atoms with van der Waals surface area (Å²) in [4.78, 5) is 0. The molecular formula is C13H25NO2. The van der Waals surface area contributed by atoms with E-state index in [0.29, 0.717) is 12.1 Å². The number of hydrogen-bond acceptors (Lipinski definition) is 3. The standard InChI is InChI=1S/C13H25NO2/c1-2-13-11(5-9-16-13)10-14-12-4-3-7-15-8-6-12/h11-14H,2-10H2,1H3.